The van der Waals surface area contributed by atoms with Crippen molar-refractivity contribution in [3.05, 3.63) is 35.5 Å². The molecular weight excluding hydrogens is 344 g/mol. The number of benzene rings is 1. The van der Waals surface area contributed by atoms with Crippen LogP contribution >= 0.6 is 0 Å². The van der Waals surface area contributed by atoms with Crippen molar-refractivity contribution in [1.82, 2.24) is 30.0 Å². The highest BCUT2D eigenvalue weighted by molar-refractivity contribution is 5.82. The third-order valence-corrected chi connectivity index (χ3v) is 4.85. The maximum atomic E-state index is 12.0. The van der Waals surface area contributed by atoms with Gasteiger partial charge in [-0.05, 0) is 17.7 Å². The Hall–Kier alpha value is -2.71. The van der Waals surface area contributed by atoms with E-state index in [1.807, 2.05) is 6.07 Å². The van der Waals surface area contributed by atoms with E-state index in [1.165, 1.54) is 5.56 Å². The Morgan fingerprint density at radius 1 is 1.30 bits per heavy atom. The van der Waals surface area contributed by atoms with Gasteiger partial charge in [0.1, 0.15) is 5.69 Å². The van der Waals surface area contributed by atoms with Crippen molar-refractivity contribution in [2.45, 2.75) is 13.0 Å². The van der Waals surface area contributed by atoms with E-state index in [4.69, 9.17) is 4.74 Å². The van der Waals surface area contributed by atoms with Crippen LogP contribution in [0.2, 0.25) is 0 Å². The first kappa shape index (κ1) is 17.7. The second-order valence-corrected chi connectivity index (χ2v) is 7.06. The van der Waals surface area contributed by atoms with Crippen LogP contribution in [0.1, 0.15) is 11.1 Å². The number of fused-ring (bicyclic) bond motifs is 1. The summed E-state index contributed by atoms with van der Waals surface area (Å²) in [5.41, 5.74) is 4.72. The van der Waals surface area contributed by atoms with Crippen LogP contribution in [0, 0.1) is 0 Å². The fourth-order valence-corrected chi connectivity index (χ4v) is 3.26. The Balaban J connectivity index is 1.57. The molecule has 8 heteroatoms. The van der Waals surface area contributed by atoms with Crippen molar-refractivity contribution in [3.63, 3.8) is 0 Å². The molecule has 0 unspecified atom stereocenters. The monoisotopic (exact) mass is 368 g/mol. The van der Waals surface area contributed by atoms with Crippen molar-refractivity contribution >= 4 is 16.9 Å². The van der Waals surface area contributed by atoms with E-state index in [-0.39, 0.29) is 12.3 Å². The second kappa shape index (κ2) is 7.50. The number of aromatic nitrogens is 4. The van der Waals surface area contributed by atoms with Crippen LogP contribution in [0.5, 0.6) is 0 Å². The van der Waals surface area contributed by atoms with E-state index in [9.17, 15) is 4.79 Å². The third-order valence-electron chi connectivity index (χ3n) is 4.85. The molecular formula is C19H24N6O2. The first-order valence-electron chi connectivity index (χ1n) is 9.11. The number of carbonyl (C=O) groups is 1. The number of H-pyrrole nitrogens is 2. The van der Waals surface area contributed by atoms with E-state index in [2.05, 4.69) is 37.2 Å². The zero-order valence-electron chi connectivity index (χ0n) is 15.7. The number of hydrogen-bond donors (Lipinski definition) is 2. The van der Waals surface area contributed by atoms with Crippen molar-refractivity contribution in [2.75, 3.05) is 40.4 Å². The lowest BCUT2D eigenvalue weighted by atomic mass is 10.1. The number of aromatic amines is 2. The minimum Gasteiger partial charge on any atom is -0.379 e. The fourth-order valence-electron chi connectivity index (χ4n) is 3.26. The Bertz CT molecular complexity index is 939. The molecule has 1 fully saturated rings. The number of hydrogen-bond acceptors (Lipinski definition) is 5. The lowest BCUT2D eigenvalue weighted by Gasteiger charge is -2.26. The maximum Gasteiger partial charge on any atom is 0.226 e. The number of likely N-dealkylation sites (N-methyl/N-ethyl adjacent to an activating group) is 1. The predicted octanol–water partition coefficient (Wildman–Crippen LogP) is 1.42. The van der Waals surface area contributed by atoms with Crippen molar-refractivity contribution in [2.24, 2.45) is 0 Å². The van der Waals surface area contributed by atoms with E-state index in [0.717, 1.165) is 55.1 Å². The molecule has 1 amide bonds. The van der Waals surface area contributed by atoms with Crippen LogP contribution in [0.4, 0.5) is 0 Å². The minimum absolute atomic E-state index is 0.0292. The Labute approximate surface area is 157 Å². The lowest BCUT2D eigenvalue weighted by Crippen LogP contribution is -2.35. The summed E-state index contributed by atoms with van der Waals surface area (Å²) < 4.78 is 5.41. The average molecular weight is 368 g/mol. The molecule has 4 rings (SSSR count). The average Bonchev–Trinajstić information content (AvgIpc) is 3.28. The Morgan fingerprint density at radius 3 is 2.89 bits per heavy atom. The van der Waals surface area contributed by atoms with E-state index < -0.39 is 0 Å². The molecule has 1 saturated heterocycles. The first-order chi connectivity index (χ1) is 13.1. The highest BCUT2D eigenvalue weighted by atomic mass is 16.5. The quantitative estimate of drug-likeness (QED) is 0.711. The van der Waals surface area contributed by atoms with Crippen LogP contribution in [-0.2, 0) is 22.5 Å². The summed E-state index contributed by atoms with van der Waals surface area (Å²) in [4.78, 5) is 24.0. The predicted molar refractivity (Wildman–Crippen MR) is 102 cm³/mol. The van der Waals surface area contributed by atoms with Crippen molar-refractivity contribution < 1.29 is 9.53 Å². The van der Waals surface area contributed by atoms with Gasteiger partial charge in [0.05, 0.1) is 36.9 Å². The largest absolute Gasteiger partial charge is 0.379 e. The molecule has 1 aliphatic rings. The summed E-state index contributed by atoms with van der Waals surface area (Å²) in [6.45, 7) is 4.42. The van der Waals surface area contributed by atoms with Gasteiger partial charge in [0, 0.05) is 39.3 Å². The topological polar surface area (TPSA) is 90.1 Å². The van der Waals surface area contributed by atoms with Crippen LogP contribution in [-0.4, -0.2) is 76.3 Å². The molecule has 0 radical (unpaired) electrons. The van der Waals surface area contributed by atoms with Gasteiger partial charge in [-0.1, -0.05) is 6.07 Å². The number of rotatable bonds is 5. The molecule has 1 aromatic carbocycles. The third kappa shape index (κ3) is 3.86. The minimum atomic E-state index is 0.0292. The van der Waals surface area contributed by atoms with Gasteiger partial charge in [-0.3, -0.25) is 14.8 Å². The van der Waals surface area contributed by atoms with Crippen LogP contribution in [0.25, 0.3) is 22.6 Å². The molecule has 1 aliphatic heterocycles. The van der Waals surface area contributed by atoms with Gasteiger partial charge in [0.25, 0.3) is 0 Å². The highest BCUT2D eigenvalue weighted by Gasteiger charge is 2.16. The normalized spacial score (nSPS) is 15.3. The van der Waals surface area contributed by atoms with Crippen LogP contribution < -0.4 is 0 Å². The van der Waals surface area contributed by atoms with Crippen LogP contribution in [0.3, 0.4) is 0 Å². The molecule has 0 bridgehead atoms. The van der Waals surface area contributed by atoms with Gasteiger partial charge in [0.15, 0.2) is 5.82 Å². The molecule has 142 valence electrons. The van der Waals surface area contributed by atoms with E-state index in [1.54, 1.807) is 25.2 Å². The Kier molecular flexibility index (Phi) is 4.91. The Morgan fingerprint density at radius 2 is 2.11 bits per heavy atom. The number of carbonyl (C=O) groups excluding carboxylic acids is 1. The number of nitrogens with one attached hydrogen (secondary N) is 2. The lowest BCUT2D eigenvalue weighted by molar-refractivity contribution is -0.127. The van der Waals surface area contributed by atoms with Gasteiger partial charge in [-0.25, -0.2) is 4.98 Å². The molecule has 0 spiro atoms. The number of amides is 1. The second-order valence-electron chi connectivity index (χ2n) is 7.06. The van der Waals surface area contributed by atoms with Crippen molar-refractivity contribution in [1.29, 1.82) is 0 Å². The van der Waals surface area contributed by atoms with Gasteiger partial charge < -0.3 is 14.6 Å². The molecule has 3 heterocycles. The summed E-state index contributed by atoms with van der Waals surface area (Å²) in [6.07, 6.45) is 1.98. The standard InChI is InChI=1S/C19H24N6O2/c1-24(2)17(26)10-14-11-20-23-18(14)19-21-15-4-3-13(9-16(15)22-19)12-25-5-7-27-8-6-25/h3-4,9,11H,5-8,10,12H2,1-2H3,(H,20,23)(H,21,22). The van der Waals surface area contributed by atoms with Gasteiger partial charge in [0.2, 0.25) is 5.91 Å². The summed E-state index contributed by atoms with van der Waals surface area (Å²) >= 11 is 0. The van der Waals surface area contributed by atoms with E-state index >= 15 is 0 Å². The summed E-state index contributed by atoms with van der Waals surface area (Å²) in [5, 5.41) is 7.07. The van der Waals surface area contributed by atoms with Gasteiger partial charge in [-0.2, -0.15) is 5.10 Å². The van der Waals surface area contributed by atoms with E-state index in [0.29, 0.717) is 5.82 Å². The summed E-state index contributed by atoms with van der Waals surface area (Å²) in [6, 6.07) is 6.29. The zero-order chi connectivity index (χ0) is 18.8. The molecule has 0 atom stereocenters. The van der Waals surface area contributed by atoms with Crippen molar-refractivity contribution in [3.8, 4) is 11.5 Å². The molecule has 27 heavy (non-hydrogen) atoms. The smallest absolute Gasteiger partial charge is 0.226 e. The first-order valence-corrected chi connectivity index (χ1v) is 9.11. The zero-order valence-corrected chi connectivity index (χ0v) is 15.7. The number of ether oxygens (including phenoxy) is 1. The molecule has 0 saturated carbocycles. The SMILES string of the molecule is CN(C)C(=O)Cc1cn[nH]c1-c1nc2ccc(CN3CCOCC3)cc2[nH]1. The van der Waals surface area contributed by atoms with Crippen LogP contribution in [0.15, 0.2) is 24.4 Å². The fraction of sp³-hybridized carbons (Fsp3) is 0.421. The molecule has 8 nitrogen and oxygen atoms in total. The van der Waals surface area contributed by atoms with Gasteiger partial charge in [-0.15, -0.1) is 0 Å². The van der Waals surface area contributed by atoms with Gasteiger partial charge >= 0.3 is 0 Å². The molecule has 3 aromatic rings. The number of morpholine rings is 1. The highest BCUT2D eigenvalue weighted by Crippen LogP contribution is 2.23. The molecule has 2 aromatic heterocycles. The number of nitrogens with zero attached hydrogens (tertiary/aromatic N) is 4. The summed E-state index contributed by atoms with van der Waals surface area (Å²) in [5.74, 6) is 0.731. The maximum absolute atomic E-state index is 12.0. The molecule has 2 N–H and O–H groups in total. The number of imidazole rings is 1. The summed E-state index contributed by atoms with van der Waals surface area (Å²) in [7, 11) is 3.50. The molecule has 0 aliphatic carbocycles.